The molecule has 1 nitrogen and oxygen atoms in total. The van der Waals surface area contributed by atoms with Crippen molar-refractivity contribution in [1.82, 2.24) is 4.57 Å². The second kappa shape index (κ2) is 5.87. The van der Waals surface area contributed by atoms with Gasteiger partial charge in [-0.15, -0.1) is 0 Å². The van der Waals surface area contributed by atoms with Crippen LogP contribution in [0.5, 0.6) is 0 Å². The molecule has 0 saturated carbocycles. The SMILES string of the molecule is c1ccc2c(c1)Cc1cc3c(cc1-2)-n1c2ccccc2c2c4c(cc(c21)C3)-c1ccccc1C4. The van der Waals surface area contributed by atoms with Crippen LogP contribution in [0.2, 0.25) is 0 Å². The van der Waals surface area contributed by atoms with Crippen molar-refractivity contribution in [3.8, 4) is 27.9 Å². The molecule has 0 bridgehead atoms. The van der Waals surface area contributed by atoms with Crippen LogP contribution in [0.3, 0.4) is 0 Å². The van der Waals surface area contributed by atoms with Gasteiger partial charge in [-0.3, -0.25) is 0 Å². The molecule has 34 heavy (non-hydrogen) atoms. The van der Waals surface area contributed by atoms with Crippen LogP contribution in [0.15, 0.2) is 91.0 Å². The molecule has 0 spiro atoms. The molecule has 1 heteroatoms. The molecule has 0 fully saturated rings. The van der Waals surface area contributed by atoms with Gasteiger partial charge in [0.25, 0.3) is 0 Å². The third kappa shape index (κ3) is 1.98. The molecule has 0 amide bonds. The Balaban J connectivity index is 1.42. The number of benzene rings is 5. The van der Waals surface area contributed by atoms with Crippen molar-refractivity contribution < 1.29 is 0 Å². The summed E-state index contributed by atoms with van der Waals surface area (Å²) in [6.45, 7) is 0. The highest BCUT2D eigenvalue weighted by Crippen LogP contribution is 2.49. The lowest BCUT2D eigenvalue weighted by atomic mass is 9.90. The van der Waals surface area contributed by atoms with E-state index in [1.807, 2.05) is 0 Å². The Hall–Kier alpha value is -4.10. The van der Waals surface area contributed by atoms with E-state index in [2.05, 4.69) is 95.6 Å². The van der Waals surface area contributed by atoms with E-state index in [-0.39, 0.29) is 0 Å². The van der Waals surface area contributed by atoms with E-state index in [9.17, 15) is 0 Å². The zero-order valence-electron chi connectivity index (χ0n) is 18.7. The first-order valence-electron chi connectivity index (χ1n) is 12.3. The van der Waals surface area contributed by atoms with Gasteiger partial charge in [0.2, 0.25) is 0 Å². The number of rotatable bonds is 0. The minimum absolute atomic E-state index is 1.00. The van der Waals surface area contributed by atoms with Gasteiger partial charge in [-0.1, -0.05) is 72.8 Å². The maximum Gasteiger partial charge on any atom is 0.0579 e. The predicted molar refractivity (Wildman–Crippen MR) is 140 cm³/mol. The maximum atomic E-state index is 2.57. The largest absolute Gasteiger partial charge is 0.309 e. The second-order valence-corrected chi connectivity index (χ2v) is 10.1. The molecule has 0 unspecified atom stereocenters. The van der Waals surface area contributed by atoms with Crippen LogP contribution in [0.1, 0.15) is 33.4 Å². The molecule has 9 rings (SSSR count). The summed E-state index contributed by atoms with van der Waals surface area (Å²) in [4.78, 5) is 0. The Morgan fingerprint density at radius 2 is 1.21 bits per heavy atom. The summed E-state index contributed by atoms with van der Waals surface area (Å²) in [6.07, 6.45) is 3.08. The molecule has 2 heterocycles. The average molecular weight is 432 g/mol. The van der Waals surface area contributed by atoms with Gasteiger partial charge in [0.15, 0.2) is 0 Å². The highest BCUT2D eigenvalue weighted by atomic mass is 15.0. The zero-order valence-corrected chi connectivity index (χ0v) is 18.7. The molecule has 6 aromatic rings. The van der Waals surface area contributed by atoms with Crippen molar-refractivity contribution in [3.05, 3.63) is 124 Å². The Bertz CT molecular complexity index is 1880. The van der Waals surface area contributed by atoms with Gasteiger partial charge in [-0.25, -0.2) is 0 Å². The van der Waals surface area contributed by atoms with E-state index >= 15 is 0 Å². The summed E-state index contributed by atoms with van der Waals surface area (Å²) in [5.41, 5.74) is 18.6. The van der Waals surface area contributed by atoms with Gasteiger partial charge in [-0.2, -0.15) is 0 Å². The fraction of sp³-hybridized carbons (Fsp3) is 0.0909. The maximum absolute atomic E-state index is 2.57. The summed E-state index contributed by atoms with van der Waals surface area (Å²) >= 11 is 0. The summed E-state index contributed by atoms with van der Waals surface area (Å²) in [5.74, 6) is 0. The third-order valence-corrected chi connectivity index (χ3v) is 8.41. The van der Waals surface area contributed by atoms with E-state index in [4.69, 9.17) is 0 Å². The first-order chi connectivity index (χ1) is 16.8. The lowest BCUT2D eigenvalue weighted by molar-refractivity contribution is 1.04. The minimum Gasteiger partial charge on any atom is -0.309 e. The van der Waals surface area contributed by atoms with Gasteiger partial charge in [0.05, 0.1) is 16.7 Å². The Kier molecular flexibility index (Phi) is 3.00. The molecule has 158 valence electrons. The van der Waals surface area contributed by atoms with Crippen LogP contribution in [-0.2, 0) is 19.3 Å². The van der Waals surface area contributed by atoms with Crippen LogP contribution in [0, 0.1) is 0 Å². The highest BCUT2D eigenvalue weighted by Gasteiger charge is 2.31. The smallest absolute Gasteiger partial charge is 0.0579 e. The molecule has 0 N–H and O–H groups in total. The summed E-state index contributed by atoms with van der Waals surface area (Å²) in [7, 11) is 0. The summed E-state index contributed by atoms with van der Waals surface area (Å²) < 4.78 is 2.57. The lowest BCUT2D eigenvalue weighted by Gasteiger charge is -2.23. The third-order valence-electron chi connectivity index (χ3n) is 8.41. The number of hydrogen-bond acceptors (Lipinski definition) is 0. The predicted octanol–water partition coefficient (Wildman–Crippen LogP) is 7.83. The summed E-state index contributed by atoms with van der Waals surface area (Å²) in [6, 6.07) is 34.4. The first kappa shape index (κ1) is 17.4. The standard InChI is InChI=1S/C33H21N/c1-3-9-24-19(7-1)13-21-14-22-15-23-17-28-25-10-4-2-8-20(25)16-29(28)32-26-11-5-6-12-30(26)34(33(23)32)31(22)18-27(21)24/h1-12,14,17-18H,13,15-16H2. The Morgan fingerprint density at radius 1 is 0.500 bits per heavy atom. The van der Waals surface area contributed by atoms with Crippen molar-refractivity contribution in [2.24, 2.45) is 0 Å². The van der Waals surface area contributed by atoms with Gasteiger partial charge in [0.1, 0.15) is 0 Å². The molecule has 0 radical (unpaired) electrons. The zero-order chi connectivity index (χ0) is 22.0. The van der Waals surface area contributed by atoms with Gasteiger partial charge in [0, 0.05) is 17.2 Å². The molecule has 2 aliphatic carbocycles. The van der Waals surface area contributed by atoms with E-state index in [1.54, 1.807) is 0 Å². The van der Waals surface area contributed by atoms with E-state index < -0.39 is 0 Å². The van der Waals surface area contributed by atoms with Crippen molar-refractivity contribution >= 4 is 21.8 Å². The van der Waals surface area contributed by atoms with Gasteiger partial charge in [-0.05, 0) is 86.7 Å². The van der Waals surface area contributed by atoms with Crippen molar-refractivity contribution in [2.45, 2.75) is 19.3 Å². The van der Waals surface area contributed by atoms with Crippen molar-refractivity contribution in [2.75, 3.05) is 0 Å². The summed E-state index contributed by atoms with van der Waals surface area (Å²) in [5, 5.41) is 2.85. The number of nitrogens with zero attached hydrogens (tertiary/aromatic N) is 1. The Morgan fingerprint density at radius 3 is 2.09 bits per heavy atom. The van der Waals surface area contributed by atoms with Crippen LogP contribution in [-0.4, -0.2) is 4.57 Å². The molecule has 1 aromatic heterocycles. The second-order valence-electron chi connectivity index (χ2n) is 10.1. The quantitative estimate of drug-likeness (QED) is 0.231. The van der Waals surface area contributed by atoms with Crippen LogP contribution >= 0.6 is 0 Å². The van der Waals surface area contributed by atoms with E-state index in [1.165, 1.54) is 83.1 Å². The molecular formula is C33H21N. The lowest BCUT2D eigenvalue weighted by Crippen LogP contribution is -2.09. The minimum atomic E-state index is 1.00. The number of hydrogen-bond donors (Lipinski definition) is 0. The van der Waals surface area contributed by atoms with Crippen LogP contribution < -0.4 is 0 Å². The molecule has 3 aliphatic rings. The Labute approximate surface area is 197 Å². The molecule has 0 saturated heterocycles. The van der Waals surface area contributed by atoms with E-state index in [0.29, 0.717) is 0 Å². The van der Waals surface area contributed by atoms with Gasteiger partial charge < -0.3 is 4.57 Å². The van der Waals surface area contributed by atoms with E-state index in [0.717, 1.165) is 19.3 Å². The number of para-hydroxylation sites is 1. The van der Waals surface area contributed by atoms with Gasteiger partial charge >= 0.3 is 0 Å². The number of aromatic nitrogens is 1. The van der Waals surface area contributed by atoms with Crippen LogP contribution in [0.4, 0.5) is 0 Å². The van der Waals surface area contributed by atoms with Crippen molar-refractivity contribution in [3.63, 3.8) is 0 Å². The molecule has 0 atom stereocenters. The fourth-order valence-electron chi connectivity index (χ4n) is 7.03. The first-order valence-corrected chi connectivity index (χ1v) is 12.3. The van der Waals surface area contributed by atoms with Crippen molar-refractivity contribution in [1.29, 1.82) is 0 Å². The topological polar surface area (TPSA) is 4.93 Å². The molecule has 5 aromatic carbocycles. The monoisotopic (exact) mass is 431 g/mol. The normalized spacial score (nSPS) is 14.1. The highest BCUT2D eigenvalue weighted by molar-refractivity contribution is 6.15. The fourth-order valence-corrected chi connectivity index (χ4v) is 7.03. The number of fused-ring (bicyclic) bond motifs is 12. The molecular weight excluding hydrogens is 410 g/mol. The average Bonchev–Trinajstić information content (AvgIpc) is 3.53. The van der Waals surface area contributed by atoms with Crippen LogP contribution in [0.25, 0.3) is 49.7 Å². The molecule has 1 aliphatic heterocycles.